The molecule has 1 aromatic heterocycles. The van der Waals surface area contributed by atoms with E-state index in [1.54, 1.807) is 0 Å². The average Bonchev–Trinajstić information content (AvgIpc) is 2.99. The number of amides is 2. The van der Waals surface area contributed by atoms with Crippen LogP contribution in [0, 0.1) is 0 Å². The van der Waals surface area contributed by atoms with Crippen LogP contribution in [0.4, 0.5) is 16.3 Å². The average molecular weight is 336 g/mol. The number of hydrogen-bond donors (Lipinski definition) is 1. The first-order chi connectivity index (χ1) is 12.2. The predicted molar refractivity (Wildman–Crippen MR) is 100 cm³/mol. The molecule has 2 aromatic rings. The number of nitrogens with one attached hydrogen (secondary N) is 1. The normalized spacial score (nSPS) is 20.4. The van der Waals surface area contributed by atoms with Crippen molar-refractivity contribution in [3.63, 3.8) is 0 Å². The molecular formula is C20H24N4O. The van der Waals surface area contributed by atoms with E-state index in [4.69, 9.17) is 0 Å². The van der Waals surface area contributed by atoms with Crippen molar-refractivity contribution in [3.05, 3.63) is 54.2 Å². The van der Waals surface area contributed by atoms with E-state index in [1.165, 1.54) is 5.56 Å². The smallest absolute Gasteiger partial charge is 0.322 e. The molecule has 2 aliphatic rings. The van der Waals surface area contributed by atoms with Gasteiger partial charge in [0.2, 0.25) is 0 Å². The van der Waals surface area contributed by atoms with Gasteiger partial charge in [0.1, 0.15) is 5.82 Å². The minimum atomic E-state index is 0.0359. The number of carbonyl (C=O) groups excluding carboxylic acids is 1. The highest BCUT2D eigenvalue weighted by molar-refractivity contribution is 5.95. The van der Waals surface area contributed by atoms with E-state index in [2.05, 4.69) is 28.2 Å². The Hall–Kier alpha value is -2.56. The van der Waals surface area contributed by atoms with Crippen molar-refractivity contribution in [2.75, 3.05) is 22.9 Å². The molecule has 25 heavy (non-hydrogen) atoms. The lowest BCUT2D eigenvalue weighted by Crippen LogP contribution is -2.50. The number of pyridine rings is 1. The second-order valence-electron chi connectivity index (χ2n) is 6.95. The fourth-order valence-electron chi connectivity index (χ4n) is 3.91. The van der Waals surface area contributed by atoms with Gasteiger partial charge < -0.3 is 10.2 Å². The Kier molecular flexibility index (Phi) is 4.30. The number of para-hydroxylation sites is 1. The molecule has 1 atom stereocenters. The van der Waals surface area contributed by atoms with E-state index in [1.807, 2.05) is 47.5 Å². The van der Waals surface area contributed by atoms with Gasteiger partial charge in [-0.15, -0.1) is 0 Å². The molecule has 4 rings (SSSR count). The standard InChI is InChI=1S/C20H24N4O/c1-15-14-16-6-2-3-7-18(16)24(15)20(25)22-17-9-12-23(13-10-17)19-8-4-5-11-21-19/h2-8,11,15,17H,9-10,12-14H2,1H3,(H,22,25). The third-order valence-electron chi connectivity index (χ3n) is 5.22. The number of piperidine rings is 1. The monoisotopic (exact) mass is 336 g/mol. The largest absolute Gasteiger partial charge is 0.356 e. The molecule has 1 N–H and O–H groups in total. The summed E-state index contributed by atoms with van der Waals surface area (Å²) in [6.45, 7) is 3.96. The van der Waals surface area contributed by atoms with Gasteiger partial charge in [-0.3, -0.25) is 4.90 Å². The number of aromatic nitrogens is 1. The maximum absolute atomic E-state index is 12.8. The Morgan fingerprint density at radius 3 is 2.64 bits per heavy atom. The number of nitrogens with zero attached hydrogens (tertiary/aromatic N) is 3. The number of hydrogen-bond acceptors (Lipinski definition) is 3. The van der Waals surface area contributed by atoms with Crippen LogP contribution < -0.4 is 15.1 Å². The number of carbonyl (C=O) groups is 1. The van der Waals surface area contributed by atoms with Gasteiger partial charge in [-0.1, -0.05) is 24.3 Å². The third-order valence-corrected chi connectivity index (χ3v) is 5.22. The van der Waals surface area contributed by atoms with Crippen molar-refractivity contribution in [1.82, 2.24) is 10.3 Å². The Morgan fingerprint density at radius 1 is 1.12 bits per heavy atom. The molecule has 2 amide bonds. The van der Waals surface area contributed by atoms with Crippen LogP contribution in [-0.2, 0) is 6.42 Å². The fourth-order valence-corrected chi connectivity index (χ4v) is 3.91. The molecule has 0 saturated carbocycles. The maximum atomic E-state index is 12.8. The Bertz CT molecular complexity index is 740. The molecule has 5 heteroatoms. The van der Waals surface area contributed by atoms with Crippen LogP contribution >= 0.6 is 0 Å². The van der Waals surface area contributed by atoms with Crippen molar-refractivity contribution < 1.29 is 4.79 Å². The second-order valence-corrected chi connectivity index (χ2v) is 6.95. The molecule has 130 valence electrons. The highest BCUT2D eigenvalue weighted by atomic mass is 16.2. The van der Waals surface area contributed by atoms with Gasteiger partial charge in [0.15, 0.2) is 0 Å². The first kappa shape index (κ1) is 15.9. The molecule has 1 fully saturated rings. The van der Waals surface area contributed by atoms with Gasteiger partial charge in [0.25, 0.3) is 0 Å². The number of fused-ring (bicyclic) bond motifs is 1. The topological polar surface area (TPSA) is 48.5 Å². The fraction of sp³-hybridized carbons (Fsp3) is 0.400. The lowest BCUT2D eigenvalue weighted by Gasteiger charge is -2.34. The molecule has 5 nitrogen and oxygen atoms in total. The minimum absolute atomic E-state index is 0.0359. The maximum Gasteiger partial charge on any atom is 0.322 e. The zero-order chi connectivity index (χ0) is 17.2. The van der Waals surface area contributed by atoms with Crippen molar-refractivity contribution in [2.45, 2.75) is 38.3 Å². The lowest BCUT2D eigenvalue weighted by molar-refractivity contribution is 0.238. The van der Waals surface area contributed by atoms with Gasteiger partial charge in [-0.2, -0.15) is 0 Å². The quantitative estimate of drug-likeness (QED) is 0.916. The zero-order valence-electron chi connectivity index (χ0n) is 14.6. The highest BCUT2D eigenvalue weighted by Gasteiger charge is 2.32. The summed E-state index contributed by atoms with van der Waals surface area (Å²) in [6.07, 6.45) is 4.66. The van der Waals surface area contributed by atoms with Crippen LogP contribution in [0.3, 0.4) is 0 Å². The van der Waals surface area contributed by atoms with Crippen LogP contribution in [-0.4, -0.2) is 36.2 Å². The van der Waals surface area contributed by atoms with Gasteiger partial charge in [0.05, 0.1) is 0 Å². The number of urea groups is 1. The molecule has 3 heterocycles. The van der Waals surface area contributed by atoms with Gasteiger partial charge in [-0.25, -0.2) is 9.78 Å². The first-order valence-corrected chi connectivity index (χ1v) is 9.06. The van der Waals surface area contributed by atoms with Crippen molar-refractivity contribution in [3.8, 4) is 0 Å². The molecule has 0 aliphatic carbocycles. The molecule has 0 spiro atoms. The summed E-state index contributed by atoms with van der Waals surface area (Å²) in [5, 5.41) is 3.24. The molecule has 0 radical (unpaired) electrons. The zero-order valence-corrected chi connectivity index (χ0v) is 14.6. The van der Waals surface area contributed by atoms with E-state index in [0.29, 0.717) is 0 Å². The minimum Gasteiger partial charge on any atom is -0.356 e. The molecule has 1 unspecified atom stereocenters. The molecular weight excluding hydrogens is 312 g/mol. The third kappa shape index (κ3) is 3.18. The molecule has 1 aromatic carbocycles. The van der Waals surface area contributed by atoms with Crippen molar-refractivity contribution in [2.24, 2.45) is 0 Å². The summed E-state index contributed by atoms with van der Waals surface area (Å²) in [7, 11) is 0. The SMILES string of the molecule is CC1Cc2ccccc2N1C(=O)NC1CCN(c2ccccn2)CC1. The summed E-state index contributed by atoms with van der Waals surface area (Å²) >= 11 is 0. The summed E-state index contributed by atoms with van der Waals surface area (Å²) in [6, 6.07) is 14.7. The number of anilines is 2. The number of rotatable bonds is 2. The van der Waals surface area contributed by atoms with E-state index in [9.17, 15) is 4.79 Å². The van der Waals surface area contributed by atoms with Gasteiger partial charge in [0, 0.05) is 37.1 Å². The molecule has 0 bridgehead atoms. The van der Waals surface area contributed by atoms with Crippen molar-refractivity contribution >= 4 is 17.5 Å². The number of benzene rings is 1. The van der Waals surface area contributed by atoms with E-state index >= 15 is 0 Å². The highest BCUT2D eigenvalue weighted by Crippen LogP contribution is 2.32. The molecule has 2 aliphatic heterocycles. The van der Waals surface area contributed by atoms with Crippen LogP contribution in [0.5, 0.6) is 0 Å². The predicted octanol–water partition coefficient (Wildman–Crippen LogP) is 3.21. The summed E-state index contributed by atoms with van der Waals surface area (Å²) in [5.41, 5.74) is 2.31. The van der Waals surface area contributed by atoms with Gasteiger partial charge in [-0.05, 0) is 49.9 Å². The van der Waals surface area contributed by atoms with Crippen LogP contribution in [0.1, 0.15) is 25.3 Å². The Labute approximate surface area is 148 Å². The summed E-state index contributed by atoms with van der Waals surface area (Å²) in [5.74, 6) is 1.02. The Morgan fingerprint density at radius 2 is 1.88 bits per heavy atom. The van der Waals surface area contributed by atoms with Gasteiger partial charge >= 0.3 is 6.03 Å². The van der Waals surface area contributed by atoms with Crippen molar-refractivity contribution in [1.29, 1.82) is 0 Å². The van der Waals surface area contributed by atoms with Crippen LogP contribution in [0.15, 0.2) is 48.7 Å². The summed E-state index contributed by atoms with van der Waals surface area (Å²) < 4.78 is 0. The first-order valence-electron chi connectivity index (χ1n) is 9.06. The van der Waals surface area contributed by atoms with Crippen LogP contribution in [0.25, 0.3) is 0 Å². The van der Waals surface area contributed by atoms with E-state index < -0.39 is 0 Å². The summed E-state index contributed by atoms with van der Waals surface area (Å²) in [4.78, 5) is 21.4. The Balaban J connectivity index is 1.37. The van der Waals surface area contributed by atoms with E-state index in [-0.39, 0.29) is 18.1 Å². The lowest BCUT2D eigenvalue weighted by atomic mass is 10.1. The molecule has 1 saturated heterocycles. The van der Waals surface area contributed by atoms with Crippen LogP contribution in [0.2, 0.25) is 0 Å². The second kappa shape index (κ2) is 6.75. The van der Waals surface area contributed by atoms with E-state index in [0.717, 1.165) is 43.9 Å².